The summed E-state index contributed by atoms with van der Waals surface area (Å²) in [7, 11) is 0. The van der Waals surface area contributed by atoms with Gasteiger partial charge in [0.15, 0.2) is 6.29 Å². The van der Waals surface area contributed by atoms with E-state index in [-0.39, 0.29) is 11.6 Å². The summed E-state index contributed by atoms with van der Waals surface area (Å²) in [6.45, 7) is 0.132. The molecule has 0 atom stereocenters. The van der Waals surface area contributed by atoms with Gasteiger partial charge >= 0.3 is 0 Å². The van der Waals surface area contributed by atoms with Gasteiger partial charge in [-0.2, -0.15) is 0 Å². The first kappa shape index (κ1) is 16.8. The molecule has 0 aliphatic rings. The Kier molecular flexibility index (Phi) is 4.76. The SMILES string of the molecule is NC(=O)c1ccc(OCc2c(C=O)sc3cccc(Cl)c23)c(Cl)c1. The number of hydrogen-bond donors (Lipinski definition) is 1. The summed E-state index contributed by atoms with van der Waals surface area (Å²) in [6.07, 6.45) is 0.789. The van der Waals surface area contributed by atoms with Crippen molar-refractivity contribution in [3.05, 3.63) is 62.4 Å². The zero-order chi connectivity index (χ0) is 17.3. The summed E-state index contributed by atoms with van der Waals surface area (Å²) >= 11 is 13.7. The summed E-state index contributed by atoms with van der Waals surface area (Å²) in [5.41, 5.74) is 6.22. The molecule has 0 aliphatic carbocycles. The summed E-state index contributed by atoms with van der Waals surface area (Å²) in [4.78, 5) is 23.0. The van der Waals surface area contributed by atoms with Crippen LogP contribution in [0.4, 0.5) is 0 Å². The molecule has 7 heteroatoms. The number of rotatable bonds is 5. The molecular weight excluding hydrogens is 369 g/mol. The maximum atomic E-state index is 11.3. The standard InChI is InChI=1S/C17H11Cl2NO3S/c18-11-2-1-3-14-16(11)10(15(7-21)24-14)8-23-13-5-4-9(17(20)22)6-12(13)19/h1-7H,8H2,(H2,20,22). The number of ether oxygens (including phenoxy) is 1. The highest BCUT2D eigenvalue weighted by molar-refractivity contribution is 7.20. The minimum absolute atomic E-state index is 0.132. The van der Waals surface area contributed by atoms with Crippen molar-refractivity contribution in [2.45, 2.75) is 6.61 Å². The summed E-state index contributed by atoms with van der Waals surface area (Å²) < 4.78 is 6.64. The molecule has 1 amide bonds. The molecule has 2 aromatic carbocycles. The van der Waals surface area contributed by atoms with Crippen molar-refractivity contribution in [1.29, 1.82) is 0 Å². The van der Waals surface area contributed by atoms with Crippen LogP contribution in [0.1, 0.15) is 25.6 Å². The number of aldehydes is 1. The predicted octanol–water partition coefficient (Wildman–Crippen LogP) is 4.70. The molecule has 0 aliphatic heterocycles. The molecule has 122 valence electrons. The lowest BCUT2D eigenvalue weighted by molar-refractivity contribution is 0.0999. The molecule has 3 aromatic rings. The van der Waals surface area contributed by atoms with E-state index in [1.54, 1.807) is 12.1 Å². The van der Waals surface area contributed by atoms with Gasteiger partial charge in [0.1, 0.15) is 12.4 Å². The quantitative estimate of drug-likeness (QED) is 0.653. The van der Waals surface area contributed by atoms with Crippen molar-refractivity contribution in [1.82, 2.24) is 0 Å². The average molecular weight is 380 g/mol. The van der Waals surface area contributed by atoms with Crippen LogP contribution in [0.3, 0.4) is 0 Å². The Morgan fingerprint density at radius 1 is 1.21 bits per heavy atom. The van der Waals surface area contributed by atoms with E-state index < -0.39 is 5.91 Å². The number of thiophene rings is 1. The Morgan fingerprint density at radius 3 is 2.67 bits per heavy atom. The van der Waals surface area contributed by atoms with E-state index in [4.69, 9.17) is 33.7 Å². The molecule has 0 fully saturated rings. The van der Waals surface area contributed by atoms with Crippen LogP contribution in [-0.4, -0.2) is 12.2 Å². The van der Waals surface area contributed by atoms with E-state index in [0.29, 0.717) is 26.8 Å². The number of carbonyl (C=O) groups is 2. The first-order valence-electron chi connectivity index (χ1n) is 6.88. The van der Waals surface area contributed by atoms with Crippen LogP contribution in [-0.2, 0) is 6.61 Å². The highest BCUT2D eigenvalue weighted by Crippen LogP contribution is 2.36. The van der Waals surface area contributed by atoms with Gasteiger partial charge < -0.3 is 10.5 Å². The fourth-order valence-electron chi connectivity index (χ4n) is 2.35. The predicted molar refractivity (Wildman–Crippen MR) is 96.5 cm³/mol. The van der Waals surface area contributed by atoms with Gasteiger partial charge in [-0.3, -0.25) is 9.59 Å². The maximum absolute atomic E-state index is 11.3. The van der Waals surface area contributed by atoms with Crippen molar-refractivity contribution < 1.29 is 14.3 Å². The minimum Gasteiger partial charge on any atom is -0.487 e. The second-order valence-electron chi connectivity index (χ2n) is 4.97. The van der Waals surface area contributed by atoms with E-state index >= 15 is 0 Å². The molecule has 4 nitrogen and oxygen atoms in total. The van der Waals surface area contributed by atoms with Crippen LogP contribution < -0.4 is 10.5 Å². The van der Waals surface area contributed by atoms with Gasteiger partial charge in [0.25, 0.3) is 0 Å². The molecule has 1 aromatic heterocycles. The van der Waals surface area contributed by atoms with Gasteiger partial charge in [0, 0.05) is 26.2 Å². The van der Waals surface area contributed by atoms with E-state index in [1.165, 1.54) is 23.5 Å². The van der Waals surface area contributed by atoms with Crippen molar-refractivity contribution in [3.63, 3.8) is 0 Å². The van der Waals surface area contributed by atoms with Crippen LogP contribution >= 0.6 is 34.5 Å². The molecule has 0 radical (unpaired) electrons. The van der Waals surface area contributed by atoms with Crippen LogP contribution in [0.2, 0.25) is 10.0 Å². The largest absolute Gasteiger partial charge is 0.487 e. The second-order valence-corrected chi connectivity index (χ2v) is 6.87. The third-order valence-corrected chi connectivity index (χ3v) is 5.22. The molecular formula is C17H11Cl2NO3S. The third kappa shape index (κ3) is 3.11. The van der Waals surface area contributed by atoms with E-state index in [1.807, 2.05) is 12.1 Å². The molecule has 24 heavy (non-hydrogen) atoms. The zero-order valence-corrected chi connectivity index (χ0v) is 14.5. The van der Waals surface area contributed by atoms with Crippen molar-refractivity contribution >= 4 is 56.8 Å². The fraction of sp³-hybridized carbons (Fsp3) is 0.0588. The van der Waals surface area contributed by atoms with Crippen molar-refractivity contribution in [2.75, 3.05) is 0 Å². The minimum atomic E-state index is -0.567. The monoisotopic (exact) mass is 379 g/mol. The number of amides is 1. The number of carbonyl (C=O) groups excluding carboxylic acids is 2. The zero-order valence-electron chi connectivity index (χ0n) is 12.2. The lowest BCUT2D eigenvalue weighted by Crippen LogP contribution is -2.10. The molecule has 3 rings (SSSR count). The third-order valence-electron chi connectivity index (χ3n) is 3.49. The Morgan fingerprint density at radius 2 is 2.00 bits per heavy atom. The molecule has 0 spiro atoms. The lowest BCUT2D eigenvalue weighted by atomic mass is 10.1. The highest BCUT2D eigenvalue weighted by Gasteiger charge is 2.16. The molecule has 0 saturated heterocycles. The number of primary amides is 1. The molecule has 0 saturated carbocycles. The van der Waals surface area contributed by atoms with Crippen molar-refractivity contribution in [3.8, 4) is 5.75 Å². The molecule has 1 heterocycles. The normalized spacial score (nSPS) is 10.8. The first-order valence-corrected chi connectivity index (χ1v) is 8.45. The van der Waals surface area contributed by atoms with Gasteiger partial charge in [0.2, 0.25) is 5.91 Å². The number of nitrogens with two attached hydrogens (primary N) is 1. The summed E-state index contributed by atoms with van der Waals surface area (Å²) in [5.74, 6) is -0.174. The highest BCUT2D eigenvalue weighted by atomic mass is 35.5. The number of benzene rings is 2. The van der Waals surface area contributed by atoms with Gasteiger partial charge in [0.05, 0.1) is 9.90 Å². The van der Waals surface area contributed by atoms with Gasteiger partial charge in [-0.25, -0.2) is 0 Å². The summed E-state index contributed by atoms with van der Waals surface area (Å²) in [6, 6.07) is 10.0. The van der Waals surface area contributed by atoms with Crippen LogP contribution in [0.5, 0.6) is 5.75 Å². The molecule has 2 N–H and O–H groups in total. The Balaban J connectivity index is 1.94. The van der Waals surface area contributed by atoms with Gasteiger partial charge in [-0.05, 0) is 30.3 Å². The Hall–Kier alpha value is -2.08. The van der Waals surface area contributed by atoms with Gasteiger partial charge in [-0.15, -0.1) is 11.3 Å². The van der Waals surface area contributed by atoms with Crippen molar-refractivity contribution in [2.24, 2.45) is 5.73 Å². The fourth-order valence-corrected chi connectivity index (χ4v) is 3.98. The van der Waals surface area contributed by atoms with Gasteiger partial charge in [-0.1, -0.05) is 29.3 Å². The average Bonchev–Trinajstić information content (AvgIpc) is 2.92. The Bertz CT molecular complexity index is 952. The molecule has 0 unspecified atom stereocenters. The van der Waals surface area contributed by atoms with E-state index in [2.05, 4.69) is 0 Å². The second kappa shape index (κ2) is 6.81. The van der Waals surface area contributed by atoms with Crippen LogP contribution in [0.25, 0.3) is 10.1 Å². The lowest BCUT2D eigenvalue weighted by Gasteiger charge is -2.09. The number of fused-ring (bicyclic) bond motifs is 1. The number of halogens is 2. The van der Waals surface area contributed by atoms with E-state index in [0.717, 1.165) is 16.4 Å². The molecule has 0 bridgehead atoms. The topological polar surface area (TPSA) is 69.4 Å². The Labute approximate surface area is 151 Å². The summed E-state index contributed by atoms with van der Waals surface area (Å²) in [5, 5.41) is 1.63. The van der Waals surface area contributed by atoms with Crippen LogP contribution in [0, 0.1) is 0 Å². The maximum Gasteiger partial charge on any atom is 0.248 e. The van der Waals surface area contributed by atoms with E-state index in [9.17, 15) is 9.59 Å². The first-order chi connectivity index (χ1) is 11.5. The smallest absolute Gasteiger partial charge is 0.248 e. The number of hydrogen-bond acceptors (Lipinski definition) is 4. The van der Waals surface area contributed by atoms with Crippen LogP contribution in [0.15, 0.2) is 36.4 Å².